The molecule has 17 heavy (non-hydrogen) atoms. The summed E-state index contributed by atoms with van der Waals surface area (Å²) in [5.41, 5.74) is -0.560. The van der Waals surface area contributed by atoms with E-state index in [0.29, 0.717) is 6.07 Å². The molecule has 0 aliphatic heterocycles. The van der Waals surface area contributed by atoms with Gasteiger partial charge in [-0.2, -0.15) is 0 Å². The SMILES string of the molecule is CC(=O)Nc1c(O)cc(O)c([As](=O)(O)O)c1O. The zero-order valence-corrected chi connectivity index (χ0v) is 10.5. The van der Waals surface area contributed by atoms with Crippen LogP contribution in [0.4, 0.5) is 5.69 Å². The van der Waals surface area contributed by atoms with Gasteiger partial charge in [0.15, 0.2) is 0 Å². The minimum atomic E-state index is -5.59. The van der Waals surface area contributed by atoms with Crippen molar-refractivity contribution in [2.45, 2.75) is 6.92 Å². The zero-order chi connectivity index (χ0) is 13.4. The summed E-state index contributed by atoms with van der Waals surface area (Å²) in [7, 11) is 0. The molecule has 9 heteroatoms. The van der Waals surface area contributed by atoms with E-state index < -0.39 is 47.4 Å². The molecule has 1 rings (SSSR count). The number of hydrogen-bond donors (Lipinski definition) is 6. The van der Waals surface area contributed by atoms with E-state index >= 15 is 0 Å². The van der Waals surface area contributed by atoms with E-state index in [1.807, 2.05) is 5.32 Å². The van der Waals surface area contributed by atoms with Crippen molar-refractivity contribution in [2.24, 2.45) is 0 Å². The van der Waals surface area contributed by atoms with Gasteiger partial charge in [0.25, 0.3) is 0 Å². The number of carbonyl (C=O) groups excluding carboxylic acids is 1. The van der Waals surface area contributed by atoms with Crippen LogP contribution >= 0.6 is 0 Å². The molecule has 0 aliphatic rings. The zero-order valence-electron chi connectivity index (χ0n) is 8.58. The fraction of sp³-hybridized carbons (Fsp3) is 0.125. The molecule has 0 radical (unpaired) electrons. The second-order valence-electron chi connectivity index (χ2n) is 3.21. The molecule has 0 bridgehead atoms. The van der Waals surface area contributed by atoms with Crippen LogP contribution in [0.25, 0.3) is 0 Å². The van der Waals surface area contributed by atoms with Gasteiger partial charge in [0.1, 0.15) is 0 Å². The molecular formula is C8H10AsNO7. The van der Waals surface area contributed by atoms with Gasteiger partial charge in [0, 0.05) is 0 Å². The molecule has 0 heterocycles. The standard InChI is InChI=1S/C8H10AsNO7/c1-3(11)10-7-5(13)2-4(12)6(8(7)14)9(15,16)17/h2,12-14H,1H3,(H,10,11)(H2,15,16,17). The molecule has 94 valence electrons. The second-order valence-corrected chi connectivity index (χ2v) is 6.43. The van der Waals surface area contributed by atoms with Crippen LogP contribution in [0.15, 0.2) is 6.07 Å². The summed E-state index contributed by atoms with van der Waals surface area (Å²) in [6.07, 6.45) is 0. The van der Waals surface area contributed by atoms with E-state index in [4.69, 9.17) is 8.19 Å². The van der Waals surface area contributed by atoms with Crippen LogP contribution in [-0.2, 0) is 8.53 Å². The fourth-order valence-electron chi connectivity index (χ4n) is 1.22. The van der Waals surface area contributed by atoms with E-state index in [9.17, 15) is 23.9 Å². The quantitative estimate of drug-likeness (QED) is 0.217. The number of amides is 1. The molecule has 0 fully saturated rings. The Morgan fingerprint density at radius 2 is 1.76 bits per heavy atom. The van der Waals surface area contributed by atoms with Crippen molar-refractivity contribution in [3.63, 3.8) is 0 Å². The molecule has 8 nitrogen and oxygen atoms in total. The van der Waals surface area contributed by atoms with Crippen LogP contribution < -0.4 is 9.67 Å². The Labute approximate surface area is 98.1 Å². The number of anilines is 1. The average Bonchev–Trinajstić information content (AvgIpc) is 2.08. The first-order valence-corrected chi connectivity index (χ1v) is 7.64. The van der Waals surface area contributed by atoms with Gasteiger partial charge in [-0.05, 0) is 0 Å². The molecule has 1 aromatic carbocycles. The van der Waals surface area contributed by atoms with Gasteiger partial charge < -0.3 is 0 Å². The molecule has 0 aliphatic carbocycles. The van der Waals surface area contributed by atoms with Crippen LogP contribution in [0.3, 0.4) is 0 Å². The normalized spacial score (nSPS) is 11.2. The number of nitrogens with one attached hydrogen (secondary N) is 1. The first-order chi connectivity index (χ1) is 7.64. The number of phenolic OH excluding ortho intramolecular Hbond substituents is 3. The number of benzene rings is 1. The van der Waals surface area contributed by atoms with Crippen LogP contribution in [0.5, 0.6) is 17.2 Å². The van der Waals surface area contributed by atoms with E-state index in [-0.39, 0.29) is 0 Å². The molecule has 0 saturated carbocycles. The van der Waals surface area contributed by atoms with Crippen molar-refractivity contribution in [1.29, 1.82) is 0 Å². The summed E-state index contributed by atoms with van der Waals surface area (Å²) in [6, 6.07) is 0.626. The summed E-state index contributed by atoms with van der Waals surface area (Å²) in [6.45, 7) is 1.08. The molecule has 0 atom stereocenters. The third-order valence-electron chi connectivity index (χ3n) is 1.83. The Bertz CT molecular complexity index is 521. The van der Waals surface area contributed by atoms with Crippen LogP contribution in [0, 0.1) is 0 Å². The van der Waals surface area contributed by atoms with E-state index in [2.05, 4.69) is 0 Å². The topological polar surface area (TPSA) is 147 Å². The fourth-order valence-corrected chi connectivity index (χ4v) is 2.79. The summed E-state index contributed by atoms with van der Waals surface area (Å²) in [5.74, 6) is -3.36. The van der Waals surface area contributed by atoms with Crippen molar-refractivity contribution in [2.75, 3.05) is 5.32 Å². The van der Waals surface area contributed by atoms with Crippen molar-refractivity contribution < 1.29 is 32.0 Å². The van der Waals surface area contributed by atoms with E-state index in [0.717, 1.165) is 6.92 Å². The van der Waals surface area contributed by atoms with Gasteiger partial charge >= 0.3 is 97.7 Å². The Kier molecular flexibility index (Phi) is 3.42. The molecule has 6 N–H and O–H groups in total. The first-order valence-electron chi connectivity index (χ1n) is 4.26. The van der Waals surface area contributed by atoms with E-state index in [1.165, 1.54) is 0 Å². The van der Waals surface area contributed by atoms with Crippen molar-refractivity contribution in [1.82, 2.24) is 0 Å². The van der Waals surface area contributed by atoms with Gasteiger partial charge in [0.2, 0.25) is 0 Å². The number of aromatic hydroxyl groups is 3. The van der Waals surface area contributed by atoms with Gasteiger partial charge in [-0.25, -0.2) is 0 Å². The Morgan fingerprint density at radius 3 is 2.18 bits per heavy atom. The number of rotatable bonds is 2. The molecule has 0 saturated heterocycles. The van der Waals surface area contributed by atoms with Gasteiger partial charge in [-0.1, -0.05) is 0 Å². The molecule has 0 unspecified atom stereocenters. The maximum absolute atomic E-state index is 11.1. The summed E-state index contributed by atoms with van der Waals surface area (Å²) >= 11 is -5.59. The monoisotopic (exact) mass is 307 g/mol. The van der Waals surface area contributed by atoms with Crippen molar-refractivity contribution >= 4 is 30.1 Å². The third-order valence-corrected chi connectivity index (χ3v) is 3.97. The minimum absolute atomic E-state index is 0.560. The van der Waals surface area contributed by atoms with Gasteiger partial charge in [-0.3, -0.25) is 0 Å². The van der Waals surface area contributed by atoms with Crippen LogP contribution in [-0.4, -0.2) is 43.6 Å². The third kappa shape index (κ3) is 2.73. The molecule has 0 spiro atoms. The molecule has 0 aromatic heterocycles. The maximum atomic E-state index is 11.1. The first kappa shape index (κ1) is 13.4. The second kappa shape index (κ2) is 4.32. The van der Waals surface area contributed by atoms with E-state index in [1.54, 1.807) is 0 Å². The summed E-state index contributed by atoms with van der Waals surface area (Å²) in [4.78, 5) is 10.8. The summed E-state index contributed by atoms with van der Waals surface area (Å²) < 4.78 is 28.0. The molecule has 1 amide bonds. The van der Waals surface area contributed by atoms with Gasteiger partial charge in [-0.15, -0.1) is 0 Å². The Morgan fingerprint density at radius 1 is 1.24 bits per heavy atom. The van der Waals surface area contributed by atoms with Gasteiger partial charge in [0.05, 0.1) is 0 Å². The van der Waals surface area contributed by atoms with Crippen LogP contribution in [0.2, 0.25) is 0 Å². The van der Waals surface area contributed by atoms with Crippen molar-refractivity contribution in [3.8, 4) is 17.2 Å². The Balaban J connectivity index is 3.54. The average molecular weight is 307 g/mol. The molecule has 1 aromatic rings. The number of carbonyl (C=O) groups is 1. The number of phenols is 3. The van der Waals surface area contributed by atoms with Crippen LogP contribution in [0.1, 0.15) is 6.92 Å². The molecular weight excluding hydrogens is 297 g/mol. The van der Waals surface area contributed by atoms with Crippen molar-refractivity contribution in [3.05, 3.63) is 6.07 Å². The predicted molar refractivity (Wildman–Crippen MR) is 56.3 cm³/mol. The Hall–Kier alpha value is -1.63. The summed E-state index contributed by atoms with van der Waals surface area (Å²) in [5, 5.41) is 30.1. The number of hydrogen-bond acceptors (Lipinski definition) is 5. The predicted octanol–water partition coefficient (Wildman–Crippen LogP) is -1.68.